The van der Waals surface area contributed by atoms with Gasteiger partial charge in [0.2, 0.25) is 0 Å². The van der Waals surface area contributed by atoms with Crippen molar-refractivity contribution in [3.63, 3.8) is 0 Å². The van der Waals surface area contributed by atoms with Gasteiger partial charge in [0.25, 0.3) is 5.91 Å². The van der Waals surface area contributed by atoms with Gasteiger partial charge in [-0.15, -0.1) is 11.8 Å². The van der Waals surface area contributed by atoms with E-state index >= 15 is 0 Å². The summed E-state index contributed by atoms with van der Waals surface area (Å²) in [6.07, 6.45) is 0. The number of esters is 1. The summed E-state index contributed by atoms with van der Waals surface area (Å²) < 4.78 is 5.25. The Labute approximate surface area is 153 Å². The summed E-state index contributed by atoms with van der Waals surface area (Å²) in [6.45, 7) is 4.32. The van der Waals surface area contributed by atoms with E-state index in [4.69, 9.17) is 4.74 Å². The Morgan fingerprint density at radius 3 is 2.20 bits per heavy atom. The first kappa shape index (κ1) is 19.1. The van der Waals surface area contributed by atoms with E-state index in [2.05, 4.69) is 5.32 Å². The maximum atomic E-state index is 12.6. The van der Waals surface area contributed by atoms with Gasteiger partial charge in [0, 0.05) is 11.4 Å². The molecular weight excluding hydrogens is 334 g/mol. The molecule has 2 aromatic rings. The van der Waals surface area contributed by atoms with Crippen molar-refractivity contribution >= 4 is 23.6 Å². The normalized spacial score (nSPS) is 11.8. The van der Waals surface area contributed by atoms with E-state index < -0.39 is 11.2 Å². The quantitative estimate of drug-likeness (QED) is 0.576. The summed E-state index contributed by atoms with van der Waals surface area (Å²) in [4.78, 5) is 25.3. The third-order valence-electron chi connectivity index (χ3n) is 3.37. The average Bonchev–Trinajstić information content (AvgIpc) is 2.64. The van der Waals surface area contributed by atoms with Crippen LogP contribution in [0, 0.1) is 5.92 Å². The second-order valence-corrected chi connectivity index (χ2v) is 7.21. The van der Waals surface area contributed by atoms with Crippen LogP contribution in [0.2, 0.25) is 0 Å². The first-order valence-electron chi connectivity index (χ1n) is 8.26. The number of hydrogen-bond donors (Lipinski definition) is 1. The molecule has 2 rings (SSSR count). The van der Waals surface area contributed by atoms with Gasteiger partial charge in [0.05, 0.1) is 0 Å². The largest absolute Gasteiger partial charge is 0.454 e. The van der Waals surface area contributed by atoms with Crippen molar-refractivity contribution in [3.05, 3.63) is 66.2 Å². The van der Waals surface area contributed by atoms with Crippen molar-refractivity contribution in [1.82, 2.24) is 5.32 Å². The third kappa shape index (κ3) is 6.63. The van der Waals surface area contributed by atoms with E-state index in [9.17, 15) is 9.59 Å². The smallest absolute Gasteiger partial charge is 0.324 e. The topological polar surface area (TPSA) is 55.4 Å². The molecule has 1 atom stereocenters. The number of nitrogens with one attached hydrogen (secondary N) is 1. The third-order valence-corrected chi connectivity index (χ3v) is 4.61. The second-order valence-electron chi connectivity index (χ2n) is 6.03. The molecule has 1 N–H and O–H groups in total. The van der Waals surface area contributed by atoms with Crippen LogP contribution >= 0.6 is 11.8 Å². The van der Waals surface area contributed by atoms with Crippen LogP contribution in [-0.4, -0.2) is 25.0 Å². The molecule has 4 nitrogen and oxygen atoms in total. The number of ether oxygens (including phenoxy) is 1. The Balaban J connectivity index is 2.02. The predicted molar refractivity (Wildman–Crippen MR) is 100 cm³/mol. The van der Waals surface area contributed by atoms with Crippen LogP contribution in [0.1, 0.15) is 24.7 Å². The molecular formula is C20H23NO3S. The molecule has 132 valence electrons. The minimum absolute atomic E-state index is 0.260. The minimum Gasteiger partial charge on any atom is -0.454 e. The lowest BCUT2D eigenvalue weighted by Gasteiger charge is -2.16. The van der Waals surface area contributed by atoms with Crippen LogP contribution in [0.25, 0.3) is 0 Å². The van der Waals surface area contributed by atoms with Crippen molar-refractivity contribution in [2.45, 2.75) is 24.0 Å². The van der Waals surface area contributed by atoms with Crippen molar-refractivity contribution in [2.75, 3.05) is 13.2 Å². The van der Waals surface area contributed by atoms with Crippen LogP contribution in [0.15, 0.2) is 65.6 Å². The Hall–Kier alpha value is -2.27. The molecule has 1 unspecified atom stereocenters. The summed E-state index contributed by atoms with van der Waals surface area (Å²) in [5.41, 5.74) is 0.851. The number of amides is 1. The second kappa shape index (κ2) is 9.89. The standard InChI is InChI=1S/C20H23NO3S/c1-15(2)13-21-18(22)14-24-20(23)19(16-9-5-3-6-10-16)25-17-11-7-4-8-12-17/h3-12,15,19H,13-14H2,1-2H3,(H,21,22). The number of hydrogen-bond acceptors (Lipinski definition) is 4. The van der Waals surface area contributed by atoms with Crippen molar-refractivity contribution < 1.29 is 14.3 Å². The van der Waals surface area contributed by atoms with Crippen LogP contribution in [-0.2, 0) is 14.3 Å². The SMILES string of the molecule is CC(C)CNC(=O)COC(=O)C(Sc1ccccc1)c1ccccc1. The van der Waals surface area contributed by atoms with Crippen LogP contribution in [0.4, 0.5) is 0 Å². The number of rotatable bonds is 8. The molecule has 5 heteroatoms. The van der Waals surface area contributed by atoms with Gasteiger partial charge in [0.1, 0.15) is 5.25 Å². The minimum atomic E-state index is -0.513. The highest BCUT2D eigenvalue weighted by atomic mass is 32.2. The number of benzene rings is 2. The fourth-order valence-corrected chi connectivity index (χ4v) is 3.14. The van der Waals surface area contributed by atoms with E-state index in [0.717, 1.165) is 10.5 Å². The van der Waals surface area contributed by atoms with Gasteiger partial charge in [-0.3, -0.25) is 9.59 Å². The maximum absolute atomic E-state index is 12.6. The van der Waals surface area contributed by atoms with Gasteiger partial charge < -0.3 is 10.1 Å². The molecule has 2 aromatic carbocycles. The van der Waals surface area contributed by atoms with E-state index in [0.29, 0.717) is 12.5 Å². The van der Waals surface area contributed by atoms with Crippen LogP contribution in [0.3, 0.4) is 0 Å². The highest BCUT2D eigenvalue weighted by Crippen LogP contribution is 2.36. The molecule has 0 spiro atoms. The Kier molecular flexibility index (Phi) is 7.54. The average molecular weight is 357 g/mol. The molecule has 1 amide bonds. The molecule has 0 aliphatic carbocycles. The lowest BCUT2D eigenvalue weighted by atomic mass is 10.1. The zero-order valence-corrected chi connectivity index (χ0v) is 15.3. The first-order valence-corrected chi connectivity index (χ1v) is 9.14. The number of carbonyl (C=O) groups excluding carboxylic acids is 2. The number of carbonyl (C=O) groups is 2. The molecule has 0 aliphatic rings. The van der Waals surface area contributed by atoms with E-state index in [1.54, 1.807) is 0 Å². The molecule has 0 aliphatic heterocycles. The Morgan fingerprint density at radius 1 is 1.00 bits per heavy atom. The molecule has 0 saturated carbocycles. The maximum Gasteiger partial charge on any atom is 0.324 e. The van der Waals surface area contributed by atoms with Gasteiger partial charge in [-0.25, -0.2) is 0 Å². The molecule has 0 heterocycles. The fourth-order valence-electron chi connectivity index (χ4n) is 2.10. The molecule has 0 saturated heterocycles. The van der Waals surface area contributed by atoms with E-state index in [1.165, 1.54) is 11.8 Å². The zero-order valence-electron chi connectivity index (χ0n) is 14.5. The molecule has 0 aromatic heterocycles. The van der Waals surface area contributed by atoms with Gasteiger partial charge in [-0.1, -0.05) is 62.4 Å². The first-order chi connectivity index (χ1) is 12.1. The molecule has 0 radical (unpaired) electrons. The van der Waals surface area contributed by atoms with Crippen LogP contribution < -0.4 is 5.32 Å². The summed E-state index contributed by atoms with van der Waals surface area (Å²) in [5.74, 6) is -0.344. The monoisotopic (exact) mass is 357 g/mol. The molecule has 25 heavy (non-hydrogen) atoms. The van der Waals surface area contributed by atoms with E-state index in [1.807, 2.05) is 74.5 Å². The summed E-state index contributed by atoms with van der Waals surface area (Å²) in [7, 11) is 0. The van der Waals surface area contributed by atoms with Crippen molar-refractivity contribution in [3.8, 4) is 0 Å². The lowest BCUT2D eigenvalue weighted by Crippen LogP contribution is -2.32. The van der Waals surface area contributed by atoms with Gasteiger partial charge in [-0.2, -0.15) is 0 Å². The Bertz CT molecular complexity index is 674. The van der Waals surface area contributed by atoms with E-state index in [-0.39, 0.29) is 12.5 Å². The van der Waals surface area contributed by atoms with Crippen molar-refractivity contribution in [2.24, 2.45) is 5.92 Å². The Morgan fingerprint density at radius 2 is 1.60 bits per heavy atom. The summed E-state index contributed by atoms with van der Waals surface area (Å²) >= 11 is 1.41. The fraction of sp³-hybridized carbons (Fsp3) is 0.300. The van der Waals surface area contributed by atoms with Gasteiger partial charge >= 0.3 is 5.97 Å². The number of thioether (sulfide) groups is 1. The van der Waals surface area contributed by atoms with Gasteiger partial charge in [0.15, 0.2) is 6.61 Å². The zero-order chi connectivity index (χ0) is 18.1. The van der Waals surface area contributed by atoms with Gasteiger partial charge in [-0.05, 0) is 23.6 Å². The summed E-state index contributed by atoms with van der Waals surface area (Å²) in [5, 5.41) is 2.23. The molecule has 0 fully saturated rings. The summed E-state index contributed by atoms with van der Waals surface area (Å²) in [6, 6.07) is 19.1. The van der Waals surface area contributed by atoms with Crippen molar-refractivity contribution in [1.29, 1.82) is 0 Å². The molecule has 0 bridgehead atoms. The lowest BCUT2D eigenvalue weighted by molar-refractivity contribution is -0.148. The highest BCUT2D eigenvalue weighted by molar-refractivity contribution is 8.00. The predicted octanol–water partition coefficient (Wildman–Crippen LogP) is 3.84. The van der Waals surface area contributed by atoms with Crippen LogP contribution in [0.5, 0.6) is 0 Å². The highest BCUT2D eigenvalue weighted by Gasteiger charge is 2.24.